The number of carbonyl (C=O) groups excluding carboxylic acids is 2. The number of alkyl carbamates (subject to hydrolysis) is 1. The highest BCUT2D eigenvalue weighted by Gasteiger charge is 2.37. The Bertz CT molecular complexity index is 1350. The van der Waals surface area contributed by atoms with E-state index in [0.717, 1.165) is 0 Å². The van der Waals surface area contributed by atoms with Gasteiger partial charge in [0.1, 0.15) is 5.60 Å². The van der Waals surface area contributed by atoms with E-state index in [1.807, 2.05) is 0 Å². The summed E-state index contributed by atoms with van der Waals surface area (Å²) in [7, 11) is -4.12. The number of rotatable bonds is 8. The second-order valence-corrected chi connectivity index (χ2v) is 13.2. The maximum Gasteiger partial charge on any atom is 0.416 e. The van der Waals surface area contributed by atoms with E-state index in [1.165, 1.54) is 25.1 Å². The number of halogens is 4. The average Bonchev–Trinajstić information content (AvgIpc) is 3.26. The summed E-state index contributed by atoms with van der Waals surface area (Å²) in [5.74, 6) is -1.49. The molecule has 0 aliphatic carbocycles. The molecule has 1 saturated heterocycles. The zero-order valence-corrected chi connectivity index (χ0v) is 24.3. The van der Waals surface area contributed by atoms with Crippen LogP contribution in [0.5, 0.6) is 0 Å². The molecule has 1 aliphatic rings. The fourth-order valence-electron chi connectivity index (χ4n) is 4.32. The minimum Gasteiger partial charge on any atom is -0.444 e. The third-order valence-electron chi connectivity index (χ3n) is 6.19. The number of alkyl halides is 3. The SMILES string of the molecule is CCS(=O)(=O)N(Cc1cccc(Cl)c1)C(=O)c1ccc(CN2CCC(NC(=O)OC(C)(C)C)C2)c(C(F)(F)F)c1. The maximum absolute atomic E-state index is 14.1. The highest BCUT2D eigenvalue weighted by Crippen LogP contribution is 2.34. The molecule has 2 aromatic carbocycles. The lowest BCUT2D eigenvalue weighted by molar-refractivity contribution is -0.138. The van der Waals surface area contributed by atoms with Crippen molar-refractivity contribution in [2.75, 3.05) is 18.8 Å². The van der Waals surface area contributed by atoms with Crippen molar-refractivity contribution < 1.29 is 35.9 Å². The van der Waals surface area contributed by atoms with Gasteiger partial charge in [0.15, 0.2) is 0 Å². The third kappa shape index (κ3) is 8.58. The lowest BCUT2D eigenvalue weighted by Gasteiger charge is -2.24. The van der Waals surface area contributed by atoms with Crippen LogP contribution < -0.4 is 5.32 Å². The number of hydrogen-bond donors (Lipinski definition) is 1. The minimum absolute atomic E-state index is 0.0679. The fraction of sp³-hybridized carbons (Fsp3) is 0.481. The van der Waals surface area contributed by atoms with Gasteiger partial charge in [-0.05, 0) is 69.5 Å². The van der Waals surface area contributed by atoms with Crippen LogP contribution in [0.15, 0.2) is 42.5 Å². The van der Waals surface area contributed by atoms with Crippen molar-refractivity contribution in [3.63, 3.8) is 0 Å². The van der Waals surface area contributed by atoms with Crippen molar-refractivity contribution in [3.05, 3.63) is 69.7 Å². The summed E-state index contributed by atoms with van der Waals surface area (Å²) in [4.78, 5) is 27.1. The topological polar surface area (TPSA) is 96.0 Å². The summed E-state index contributed by atoms with van der Waals surface area (Å²) in [6.07, 6.45) is -4.85. The monoisotopic (exact) mass is 603 g/mol. The van der Waals surface area contributed by atoms with Crippen molar-refractivity contribution in [1.82, 2.24) is 14.5 Å². The molecule has 1 unspecified atom stereocenters. The highest BCUT2D eigenvalue weighted by molar-refractivity contribution is 7.89. The standard InChI is InChI=1S/C27H33ClF3N3O5S/c1-5-40(37,38)34(15-18-7-6-8-21(28)13-18)24(35)19-9-10-20(23(14-19)27(29,30)31)16-33-12-11-22(17-33)32-25(36)39-26(2,3)4/h6-10,13-14,22H,5,11-12,15-17H2,1-4H3,(H,32,36). The minimum atomic E-state index is -4.79. The smallest absolute Gasteiger partial charge is 0.416 e. The summed E-state index contributed by atoms with van der Waals surface area (Å²) in [5.41, 5.74) is -1.76. The summed E-state index contributed by atoms with van der Waals surface area (Å²) >= 11 is 5.98. The molecule has 40 heavy (non-hydrogen) atoms. The number of nitrogens with one attached hydrogen (secondary N) is 1. The van der Waals surface area contributed by atoms with Crippen molar-refractivity contribution in [3.8, 4) is 0 Å². The molecule has 220 valence electrons. The van der Waals surface area contributed by atoms with Crippen molar-refractivity contribution in [2.45, 2.75) is 65.0 Å². The van der Waals surface area contributed by atoms with Crippen molar-refractivity contribution in [2.24, 2.45) is 0 Å². The number of amides is 2. The molecule has 2 amide bonds. The molecule has 1 heterocycles. The molecule has 0 saturated carbocycles. The van der Waals surface area contributed by atoms with Gasteiger partial charge in [0.25, 0.3) is 5.91 Å². The Morgan fingerprint density at radius 1 is 1.15 bits per heavy atom. The van der Waals surface area contributed by atoms with E-state index >= 15 is 0 Å². The van der Waals surface area contributed by atoms with Gasteiger partial charge >= 0.3 is 12.3 Å². The van der Waals surface area contributed by atoms with E-state index in [1.54, 1.807) is 43.9 Å². The zero-order chi connectivity index (χ0) is 29.9. The van der Waals surface area contributed by atoms with Gasteiger partial charge in [-0.2, -0.15) is 13.2 Å². The number of ether oxygens (including phenoxy) is 1. The molecule has 1 aliphatic heterocycles. The van der Waals surface area contributed by atoms with Crippen molar-refractivity contribution >= 4 is 33.6 Å². The van der Waals surface area contributed by atoms with Crippen LogP contribution in [-0.2, 0) is 34.0 Å². The van der Waals surface area contributed by atoms with E-state index in [-0.39, 0.29) is 24.7 Å². The number of hydrogen-bond acceptors (Lipinski definition) is 6. The first-order valence-electron chi connectivity index (χ1n) is 12.7. The molecule has 2 aromatic rings. The molecule has 1 N–H and O–H groups in total. The van der Waals surface area contributed by atoms with E-state index < -0.39 is 50.7 Å². The second-order valence-electron chi connectivity index (χ2n) is 10.6. The van der Waals surface area contributed by atoms with Crippen molar-refractivity contribution in [1.29, 1.82) is 0 Å². The Balaban J connectivity index is 1.82. The van der Waals surface area contributed by atoms with Crippen LogP contribution in [0.25, 0.3) is 0 Å². The molecule has 1 atom stereocenters. The Morgan fingerprint density at radius 2 is 1.85 bits per heavy atom. The van der Waals surface area contributed by atoms with Crippen LogP contribution in [0.2, 0.25) is 5.02 Å². The predicted molar refractivity (Wildman–Crippen MR) is 145 cm³/mol. The average molecular weight is 604 g/mol. The molecule has 13 heteroatoms. The highest BCUT2D eigenvalue weighted by atomic mass is 35.5. The summed E-state index contributed by atoms with van der Waals surface area (Å²) in [6, 6.07) is 9.03. The van der Waals surface area contributed by atoms with Gasteiger partial charge in [-0.3, -0.25) is 9.69 Å². The molecule has 1 fully saturated rings. The van der Waals surface area contributed by atoms with E-state index in [0.29, 0.717) is 40.5 Å². The Kier molecular flexibility index (Phi) is 9.79. The molecule has 8 nitrogen and oxygen atoms in total. The van der Waals surface area contributed by atoms with Crippen LogP contribution in [0.3, 0.4) is 0 Å². The first kappa shape index (κ1) is 31.7. The largest absolute Gasteiger partial charge is 0.444 e. The summed E-state index contributed by atoms with van der Waals surface area (Å²) in [6.45, 7) is 6.85. The lowest BCUT2D eigenvalue weighted by atomic mass is 10.0. The van der Waals surface area contributed by atoms with Gasteiger partial charge in [-0.25, -0.2) is 17.5 Å². The Morgan fingerprint density at radius 3 is 2.45 bits per heavy atom. The van der Waals surface area contributed by atoms with Gasteiger partial charge in [-0.1, -0.05) is 29.8 Å². The fourth-order valence-corrected chi connectivity index (χ4v) is 5.55. The number of benzene rings is 2. The molecule has 0 aromatic heterocycles. The molecular weight excluding hydrogens is 571 g/mol. The van der Waals surface area contributed by atoms with Gasteiger partial charge < -0.3 is 10.1 Å². The normalized spacial score (nSPS) is 16.6. The van der Waals surface area contributed by atoms with Crippen LogP contribution in [0.4, 0.5) is 18.0 Å². The quantitative estimate of drug-likeness (QED) is 0.431. The van der Waals surface area contributed by atoms with Gasteiger partial charge in [-0.15, -0.1) is 0 Å². The number of sulfonamides is 1. The van der Waals surface area contributed by atoms with E-state index in [2.05, 4.69) is 5.32 Å². The summed E-state index contributed by atoms with van der Waals surface area (Å²) in [5, 5.41) is 3.06. The van der Waals surface area contributed by atoms with E-state index in [9.17, 15) is 31.2 Å². The Labute approximate surface area is 237 Å². The van der Waals surface area contributed by atoms with Crippen LogP contribution in [0, 0.1) is 0 Å². The first-order valence-corrected chi connectivity index (χ1v) is 14.7. The van der Waals surface area contributed by atoms with Crippen LogP contribution in [-0.4, -0.2) is 60.1 Å². The van der Waals surface area contributed by atoms with Gasteiger partial charge in [0, 0.05) is 36.3 Å². The van der Waals surface area contributed by atoms with Gasteiger partial charge in [0.05, 0.1) is 17.9 Å². The lowest BCUT2D eigenvalue weighted by Crippen LogP contribution is -2.40. The molecule has 3 rings (SSSR count). The predicted octanol–water partition coefficient (Wildman–Crippen LogP) is 5.45. The number of likely N-dealkylation sites (tertiary alicyclic amines) is 1. The van der Waals surface area contributed by atoms with E-state index in [4.69, 9.17) is 16.3 Å². The van der Waals surface area contributed by atoms with Gasteiger partial charge in [0.2, 0.25) is 10.0 Å². The maximum atomic E-state index is 14.1. The molecular formula is C27H33ClF3N3O5S. The number of carbonyl (C=O) groups is 2. The molecule has 0 radical (unpaired) electrons. The first-order chi connectivity index (χ1) is 18.5. The second kappa shape index (κ2) is 12.4. The summed E-state index contributed by atoms with van der Waals surface area (Å²) < 4.78 is 73.7. The molecule has 0 bridgehead atoms. The van der Waals surface area contributed by atoms with Crippen LogP contribution in [0.1, 0.15) is 61.2 Å². The van der Waals surface area contributed by atoms with Crippen LogP contribution >= 0.6 is 11.6 Å². The zero-order valence-electron chi connectivity index (χ0n) is 22.7. The molecule has 0 spiro atoms. The third-order valence-corrected chi connectivity index (χ3v) is 8.12. The Hall–Kier alpha value is -2.83. The number of nitrogens with zero attached hydrogens (tertiary/aromatic N) is 2.